The minimum absolute atomic E-state index is 0.0566. The molecular weight excluding hydrogens is 324 g/mol. The number of carbonyl (C=O) groups is 3. The van der Waals surface area contributed by atoms with Gasteiger partial charge < -0.3 is 14.2 Å². The van der Waals surface area contributed by atoms with E-state index in [1.807, 2.05) is 6.92 Å². The van der Waals surface area contributed by atoms with Gasteiger partial charge in [-0.05, 0) is 38.5 Å². The van der Waals surface area contributed by atoms with Crippen molar-refractivity contribution >= 4 is 17.9 Å². The summed E-state index contributed by atoms with van der Waals surface area (Å²) in [5, 5.41) is 0. The topological polar surface area (TPSA) is 78.9 Å². The summed E-state index contributed by atoms with van der Waals surface area (Å²) in [6.07, 6.45) is 5.42. The van der Waals surface area contributed by atoms with Crippen LogP contribution in [-0.2, 0) is 28.6 Å². The summed E-state index contributed by atoms with van der Waals surface area (Å²) in [5.41, 5.74) is -0.395. The number of rotatable bonds is 5. The molecule has 6 unspecified atom stereocenters. The fraction of sp³-hybridized carbons (Fsp3) is 0.737. The molecule has 6 nitrogen and oxygen atoms in total. The van der Waals surface area contributed by atoms with Crippen molar-refractivity contribution in [3.8, 4) is 0 Å². The summed E-state index contributed by atoms with van der Waals surface area (Å²) in [7, 11) is 0. The summed E-state index contributed by atoms with van der Waals surface area (Å²) >= 11 is 0. The zero-order chi connectivity index (χ0) is 17.8. The van der Waals surface area contributed by atoms with Gasteiger partial charge in [0.05, 0.1) is 11.8 Å². The average molecular weight is 348 g/mol. The Morgan fingerprint density at radius 3 is 2.68 bits per heavy atom. The number of hydrogen-bond donors (Lipinski definition) is 0. The van der Waals surface area contributed by atoms with Gasteiger partial charge in [-0.3, -0.25) is 9.59 Å². The summed E-state index contributed by atoms with van der Waals surface area (Å²) in [5.74, 6) is -2.51. The van der Waals surface area contributed by atoms with Gasteiger partial charge >= 0.3 is 17.9 Å². The molecule has 25 heavy (non-hydrogen) atoms. The van der Waals surface area contributed by atoms with E-state index in [1.54, 1.807) is 0 Å². The lowest BCUT2D eigenvalue weighted by atomic mass is 9.78. The van der Waals surface area contributed by atoms with Crippen LogP contribution in [0.15, 0.2) is 12.7 Å². The fourth-order valence-electron chi connectivity index (χ4n) is 5.48. The van der Waals surface area contributed by atoms with Gasteiger partial charge in [-0.1, -0.05) is 13.5 Å². The molecule has 3 saturated carbocycles. The van der Waals surface area contributed by atoms with Gasteiger partial charge in [0.25, 0.3) is 0 Å². The van der Waals surface area contributed by atoms with Crippen molar-refractivity contribution < 1.29 is 28.6 Å². The zero-order valence-corrected chi connectivity index (χ0v) is 14.4. The van der Waals surface area contributed by atoms with Crippen LogP contribution in [0.2, 0.25) is 0 Å². The number of fused-ring (bicyclic) bond motifs is 1. The molecule has 1 aliphatic heterocycles. The molecule has 4 aliphatic rings. The van der Waals surface area contributed by atoms with E-state index in [9.17, 15) is 14.4 Å². The van der Waals surface area contributed by atoms with E-state index >= 15 is 0 Å². The normalized spacial score (nSPS) is 40.0. The molecule has 136 valence electrons. The molecule has 2 bridgehead atoms. The first-order valence-corrected chi connectivity index (χ1v) is 9.26. The molecular formula is C19H24O6. The van der Waals surface area contributed by atoms with Crippen LogP contribution in [0.4, 0.5) is 0 Å². The van der Waals surface area contributed by atoms with Crippen molar-refractivity contribution in [2.24, 2.45) is 23.7 Å². The molecule has 1 heterocycles. The van der Waals surface area contributed by atoms with Crippen molar-refractivity contribution in [3.63, 3.8) is 0 Å². The predicted octanol–water partition coefficient (Wildman–Crippen LogP) is 2.16. The standard InChI is InChI=1S/C19H24O6/c1-3-12(20)23-15-11-9-10-13(17(21)24-16(10)15)14(11)18(22)25-19(4-2)7-5-6-8-19/h3,10-11,13-16H,1,4-9H2,2H3. The lowest BCUT2D eigenvalue weighted by Gasteiger charge is -2.34. The summed E-state index contributed by atoms with van der Waals surface area (Å²) in [4.78, 5) is 37.0. The van der Waals surface area contributed by atoms with E-state index in [4.69, 9.17) is 14.2 Å². The summed E-state index contributed by atoms with van der Waals surface area (Å²) in [6, 6.07) is 0. The van der Waals surface area contributed by atoms with Gasteiger partial charge in [-0.2, -0.15) is 0 Å². The van der Waals surface area contributed by atoms with Crippen LogP contribution in [0.5, 0.6) is 0 Å². The average Bonchev–Trinajstić information content (AvgIpc) is 3.32. The number of esters is 3. The monoisotopic (exact) mass is 348 g/mol. The molecule has 1 saturated heterocycles. The number of hydrogen-bond acceptors (Lipinski definition) is 6. The molecule has 0 spiro atoms. The molecule has 6 atom stereocenters. The molecule has 0 aromatic rings. The molecule has 0 N–H and O–H groups in total. The van der Waals surface area contributed by atoms with Crippen molar-refractivity contribution in [1.82, 2.24) is 0 Å². The van der Waals surface area contributed by atoms with Gasteiger partial charge in [0.1, 0.15) is 17.8 Å². The van der Waals surface area contributed by atoms with Crippen molar-refractivity contribution in [3.05, 3.63) is 12.7 Å². The van der Waals surface area contributed by atoms with E-state index in [0.717, 1.165) is 38.2 Å². The minimum Gasteiger partial charge on any atom is -0.459 e. The Bertz CT molecular complexity index is 619. The molecule has 0 aromatic carbocycles. The van der Waals surface area contributed by atoms with Crippen LogP contribution in [0.3, 0.4) is 0 Å². The third kappa shape index (κ3) is 2.41. The second kappa shape index (κ2) is 5.85. The van der Waals surface area contributed by atoms with Crippen LogP contribution in [0.1, 0.15) is 45.4 Å². The Hall–Kier alpha value is -1.85. The van der Waals surface area contributed by atoms with Gasteiger partial charge in [0.2, 0.25) is 0 Å². The Morgan fingerprint density at radius 1 is 1.32 bits per heavy atom. The first kappa shape index (κ1) is 16.6. The molecule has 4 fully saturated rings. The first-order valence-electron chi connectivity index (χ1n) is 9.26. The van der Waals surface area contributed by atoms with E-state index in [0.29, 0.717) is 6.42 Å². The lowest BCUT2D eigenvalue weighted by molar-refractivity contribution is -0.173. The fourth-order valence-corrected chi connectivity index (χ4v) is 5.48. The predicted molar refractivity (Wildman–Crippen MR) is 86.1 cm³/mol. The summed E-state index contributed by atoms with van der Waals surface area (Å²) < 4.78 is 16.8. The van der Waals surface area contributed by atoms with Crippen LogP contribution < -0.4 is 0 Å². The second-order valence-corrected chi connectivity index (χ2v) is 7.79. The Labute approximate surface area is 146 Å². The maximum Gasteiger partial charge on any atom is 0.330 e. The maximum atomic E-state index is 13.0. The molecule has 3 aliphatic carbocycles. The van der Waals surface area contributed by atoms with E-state index in [1.165, 1.54) is 0 Å². The van der Waals surface area contributed by atoms with Crippen molar-refractivity contribution in [1.29, 1.82) is 0 Å². The van der Waals surface area contributed by atoms with Crippen LogP contribution >= 0.6 is 0 Å². The molecule has 6 heteroatoms. The molecule has 0 aromatic heterocycles. The smallest absolute Gasteiger partial charge is 0.330 e. The van der Waals surface area contributed by atoms with Gasteiger partial charge in [0.15, 0.2) is 0 Å². The highest BCUT2D eigenvalue weighted by Crippen LogP contribution is 2.59. The Balaban J connectivity index is 1.56. The van der Waals surface area contributed by atoms with Crippen molar-refractivity contribution in [2.45, 2.75) is 63.3 Å². The highest BCUT2D eigenvalue weighted by atomic mass is 16.6. The SMILES string of the molecule is C=CC(=O)OC1C2CC3C1OC(=O)C3C2C(=O)OC1(CC)CCCC1. The van der Waals surface area contributed by atoms with Crippen LogP contribution in [0, 0.1) is 23.7 Å². The third-order valence-electron chi connectivity index (χ3n) is 6.71. The van der Waals surface area contributed by atoms with Crippen LogP contribution in [-0.4, -0.2) is 35.7 Å². The first-order chi connectivity index (χ1) is 12.0. The third-order valence-corrected chi connectivity index (χ3v) is 6.71. The second-order valence-electron chi connectivity index (χ2n) is 7.79. The van der Waals surface area contributed by atoms with E-state index < -0.39 is 35.6 Å². The van der Waals surface area contributed by atoms with Gasteiger partial charge in [-0.15, -0.1) is 0 Å². The van der Waals surface area contributed by atoms with Gasteiger partial charge in [0, 0.05) is 17.9 Å². The largest absolute Gasteiger partial charge is 0.459 e. The molecule has 0 radical (unpaired) electrons. The minimum atomic E-state index is -0.572. The number of ether oxygens (including phenoxy) is 3. The highest BCUT2D eigenvalue weighted by Gasteiger charge is 2.70. The van der Waals surface area contributed by atoms with Gasteiger partial charge in [-0.25, -0.2) is 4.79 Å². The van der Waals surface area contributed by atoms with E-state index in [2.05, 4.69) is 6.58 Å². The maximum absolute atomic E-state index is 13.0. The van der Waals surface area contributed by atoms with Crippen LogP contribution in [0.25, 0.3) is 0 Å². The van der Waals surface area contributed by atoms with E-state index in [-0.39, 0.29) is 23.8 Å². The Morgan fingerprint density at radius 2 is 2.04 bits per heavy atom. The lowest BCUT2D eigenvalue weighted by Crippen LogP contribution is -2.45. The number of carbonyl (C=O) groups excluding carboxylic acids is 3. The van der Waals surface area contributed by atoms with Crippen molar-refractivity contribution in [2.75, 3.05) is 0 Å². The summed E-state index contributed by atoms with van der Waals surface area (Å²) in [6.45, 7) is 5.45. The zero-order valence-electron chi connectivity index (χ0n) is 14.4. The molecule has 0 amide bonds. The highest BCUT2D eigenvalue weighted by molar-refractivity contribution is 5.87. The Kier molecular flexibility index (Phi) is 3.89. The molecule has 4 rings (SSSR count). The quantitative estimate of drug-likeness (QED) is 0.430.